The number of halogens is 1. The second-order valence-corrected chi connectivity index (χ2v) is 8.94. The van der Waals surface area contributed by atoms with Crippen molar-refractivity contribution in [1.29, 1.82) is 0 Å². The normalized spacial score (nSPS) is 17.7. The second kappa shape index (κ2) is 10.8. The van der Waals surface area contributed by atoms with Crippen LogP contribution in [-0.4, -0.2) is 54.6 Å². The van der Waals surface area contributed by atoms with Crippen LogP contribution in [0.2, 0.25) is 0 Å². The van der Waals surface area contributed by atoms with Gasteiger partial charge in [0.1, 0.15) is 12.4 Å². The zero-order chi connectivity index (χ0) is 24.1. The number of allylic oxidation sites excluding steroid dienone is 1. The summed E-state index contributed by atoms with van der Waals surface area (Å²) < 4.78 is 24.5. The van der Waals surface area contributed by atoms with E-state index in [0.717, 1.165) is 29.4 Å². The lowest BCUT2D eigenvalue weighted by Gasteiger charge is -2.40. The minimum atomic E-state index is -0.589. The number of benzene rings is 2. The van der Waals surface area contributed by atoms with Crippen molar-refractivity contribution in [3.8, 4) is 0 Å². The van der Waals surface area contributed by atoms with E-state index in [1.807, 2.05) is 13.0 Å². The summed E-state index contributed by atoms with van der Waals surface area (Å²) in [6, 6.07) is 12.7. The van der Waals surface area contributed by atoms with E-state index in [2.05, 4.69) is 15.2 Å². The van der Waals surface area contributed by atoms with Crippen LogP contribution < -0.4 is 5.32 Å². The van der Waals surface area contributed by atoms with Crippen LogP contribution in [0.3, 0.4) is 0 Å². The first-order valence-electron chi connectivity index (χ1n) is 11.0. The quantitative estimate of drug-likeness (QED) is 0.465. The molecule has 1 saturated heterocycles. The molecule has 1 atom stereocenters. The Labute approximate surface area is 202 Å². The summed E-state index contributed by atoms with van der Waals surface area (Å²) in [5, 5.41) is 3.63. The SMILES string of the molecule is COCCOC(=O)C1=C(C)N=C2SCCCN2C1c1cccc(NC(=O)c2ccccc2F)c1. The lowest BCUT2D eigenvalue weighted by Crippen LogP contribution is -2.42. The third kappa shape index (κ3) is 5.15. The highest BCUT2D eigenvalue weighted by Gasteiger charge is 2.38. The van der Waals surface area contributed by atoms with Gasteiger partial charge in [-0.2, -0.15) is 0 Å². The fourth-order valence-corrected chi connectivity index (χ4v) is 5.02. The van der Waals surface area contributed by atoms with Gasteiger partial charge in [-0.05, 0) is 43.2 Å². The highest BCUT2D eigenvalue weighted by atomic mass is 32.2. The van der Waals surface area contributed by atoms with Crippen LogP contribution in [0, 0.1) is 5.82 Å². The molecule has 0 radical (unpaired) electrons. The number of hydrogen-bond donors (Lipinski definition) is 1. The van der Waals surface area contributed by atoms with Gasteiger partial charge >= 0.3 is 5.97 Å². The van der Waals surface area contributed by atoms with Gasteiger partial charge in [0.15, 0.2) is 5.17 Å². The van der Waals surface area contributed by atoms with Gasteiger partial charge in [-0.3, -0.25) is 4.79 Å². The van der Waals surface area contributed by atoms with E-state index in [4.69, 9.17) is 9.47 Å². The number of amides is 1. The lowest BCUT2D eigenvalue weighted by atomic mass is 9.94. The van der Waals surface area contributed by atoms with Crippen LogP contribution in [0.25, 0.3) is 0 Å². The van der Waals surface area contributed by atoms with Gasteiger partial charge in [0.2, 0.25) is 0 Å². The molecule has 178 valence electrons. The van der Waals surface area contributed by atoms with Crippen LogP contribution in [0.4, 0.5) is 10.1 Å². The maximum atomic E-state index is 14.1. The molecule has 0 spiro atoms. The fourth-order valence-electron chi connectivity index (χ4n) is 4.00. The molecule has 1 N–H and O–H groups in total. The Morgan fingerprint density at radius 2 is 2.03 bits per heavy atom. The molecule has 2 aromatic rings. The molecule has 4 rings (SSSR count). The van der Waals surface area contributed by atoms with Crippen molar-refractivity contribution < 1.29 is 23.5 Å². The Bertz CT molecular complexity index is 1150. The smallest absolute Gasteiger partial charge is 0.338 e. The lowest BCUT2D eigenvalue weighted by molar-refractivity contribution is -0.141. The first-order valence-corrected chi connectivity index (χ1v) is 12.0. The molecule has 1 amide bonds. The van der Waals surface area contributed by atoms with E-state index in [1.165, 1.54) is 18.2 Å². The number of ether oxygens (including phenoxy) is 2. The number of nitrogens with one attached hydrogen (secondary N) is 1. The van der Waals surface area contributed by atoms with Crippen molar-refractivity contribution in [3.05, 3.63) is 76.7 Å². The molecule has 0 aromatic heterocycles. The molecule has 9 heteroatoms. The van der Waals surface area contributed by atoms with E-state index in [0.29, 0.717) is 23.6 Å². The largest absolute Gasteiger partial charge is 0.460 e. The third-order valence-electron chi connectivity index (χ3n) is 5.58. The summed E-state index contributed by atoms with van der Waals surface area (Å²) in [5.74, 6) is -0.615. The molecule has 2 aliphatic rings. The first kappa shape index (κ1) is 24.0. The van der Waals surface area contributed by atoms with Gasteiger partial charge in [-0.15, -0.1) is 0 Å². The molecule has 2 aromatic carbocycles. The van der Waals surface area contributed by atoms with E-state index >= 15 is 0 Å². The van der Waals surface area contributed by atoms with Crippen molar-refractivity contribution in [2.24, 2.45) is 4.99 Å². The Morgan fingerprint density at radius 1 is 1.21 bits per heavy atom. The molecular formula is C25H26FN3O4S. The number of carbonyl (C=O) groups is 2. The van der Waals surface area contributed by atoms with Crippen LogP contribution in [0.5, 0.6) is 0 Å². The highest BCUT2D eigenvalue weighted by Crippen LogP contribution is 2.40. The molecule has 0 saturated carbocycles. The van der Waals surface area contributed by atoms with Crippen molar-refractivity contribution in [3.63, 3.8) is 0 Å². The number of carbonyl (C=O) groups excluding carboxylic acids is 2. The number of nitrogens with zero attached hydrogens (tertiary/aromatic N) is 2. The Balaban J connectivity index is 1.66. The second-order valence-electron chi connectivity index (χ2n) is 7.88. The number of rotatable bonds is 7. The highest BCUT2D eigenvalue weighted by molar-refractivity contribution is 8.13. The summed E-state index contributed by atoms with van der Waals surface area (Å²) in [5.41, 5.74) is 2.34. The Hall–Kier alpha value is -3.17. The van der Waals surface area contributed by atoms with Gasteiger partial charge in [0.05, 0.1) is 29.5 Å². The minimum Gasteiger partial charge on any atom is -0.460 e. The van der Waals surface area contributed by atoms with Gasteiger partial charge in [-0.1, -0.05) is 36.0 Å². The van der Waals surface area contributed by atoms with Gasteiger partial charge in [0.25, 0.3) is 5.91 Å². The Morgan fingerprint density at radius 3 is 2.82 bits per heavy atom. The summed E-state index contributed by atoms with van der Waals surface area (Å²) in [4.78, 5) is 32.5. The summed E-state index contributed by atoms with van der Waals surface area (Å²) in [6.45, 7) is 2.99. The minimum absolute atomic E-state index is 0.0365. The van der Waals surface area contributed by atoms with Crippen molar-refractivity contribution >= 4 is 34.5 Å². The zero-order valence-corrected chi connectivity index (χ0v) is 19.9. The van der Waals surface area contributed by atoms with E-state index < -0.39 is 23.7 Å². The molecule has 7 nitrogen and oxygen atoms in total. The number of methoxy groups -OCH3 is 1. The number of thioether (sulfide) groups is 1. The molecule has 0 aliphatic carbocycles. The summed E-state index contributed by atoms with van der Waals surface area (Å²) in [6.07, 6.45) is 0.953. The monoisotopic (exact) mass is 483 g/mol. The molecule has 0 bridgehead atoms. The average molecular weight is 484 g/mol. The molecule has 1 fully saturated rings. The van der Waals surface area contributed by atoms with Crippen LogP contribution in [0.1, 0.15) is 35.3 Å². The number of amidine groups is 1. The number of hydrogen-bond acceptors (Lipinski definition) is 7. The van der Waals surface area contributed by atoms with Crippen molar-refractivity contribution in [2.45, 2.75) is 19.4 Å². The molecule has 1 unspecified atom stereocenters. The third-order valence-corrected chi connectivity index (χ3v) is 6.65. The fraction of sp³-hybridized carbons (Fsp3) is 0.320. The van der Waals surface area contributed by atoms with Crippen molar-refractivity contribution in [1.82, 2.24) is 4.90 Å². The van der Waals surface area contributed by atoms with Crippen LogP contribution in [0.15, 0.2) is 64.8 Å². The molecule has 2 aliphatic heterocycles. The van der Waals surface area contributed by atoms with Crippen LogP contribution >= 0.6 is 11.8 Å². The number of fused-ring (bicyclic) bond motifs is 1. The number of esters is 1. The van der Waals surface area contributed by atoms with Gasteiger partial charge < -0.3 is 19.7 Å². The van der Waals surface area contributed by atoms with E-state index in [9.17, 15) is 14.0 Å². The molecule has 34 heavy (non-hydrogen) atoms. The number of anilines is 1. The maximum Gasteiger partial charge on any atom is 0.338 e. The van der Waals surface area contributed by atoms with E-state index in [1.54, 1.807) is 43.1 Å². The van der Waals surface area contributed by atoms with Gasteiger partial charge in [-0.25, -0.2) is 14.2 Å². The van der Waals surface area contributed by atoms with Crippen molar-refractivity contribution in [2.75, 3.05) is 37.9 Å². The van der Waals surface area contributed by atoms with E-state index in [-0.39, 0.29) is 12.2 Å². The first-order chi connectivity index (χ1) is 16.5. The number of aliphatic imine (C=N–C) groups is 1. The standard InChI is InChI=1S/C25H26FN3O4S/c1-16-21(24(31)33-13-12-32-2)22(29-11-6-14-34-25(29)27-16)17-7-5-8-18(15-17)28-23(30)19-9-3-4-10-20(19)26/h3-5,7-10,15,22H,6,11-14H2,1-2H3,(H,28,30). The predicted molar refractivity (Wildman–Crippen MR) is 130 cm³/mol. The average Bonchev–Trinajstić information content (AvgIpc) is 2.83. The topological polar surface area (TPSA) is 80.2 Å². The maximum absolute atomic E-state index is 14.1. The van der Waals surface area contributed by atoms with Gasteiger partial charge in [0, 0.05) is 25.1 Å². The summed E-state index contributed by atoms with van der Waals surface area (Å²) in [7, 11) is 1.55. The van der Waals surface area contributed by atoms with Crippen LogP contribution in [-0.2, 0) is 14.3 Å². The Kier molecular flexibility index (Phi) is 7.64. The zero-order valence-electron chi connectivity index (χ0n) is 19.0. The predicted octanol–water partition coefficient (Wildman–Crippen LogP) is 4.39. The summed E-state index contributed by atoms with van der Waals surface area (Å²) >= 11 is 1.66. The molecular weight excluding hydrogens is 457 g/mol. The molecule has 2 heterocycles.